The fourth-order valence-corrected chi connectivity index (χ4v) is 0. The van der Waals surface area contributed by atoms with E-state index in [9.17, 15) is 17.2 Å². The molecule has 0 bridgehead atoms. The summed E-state index contributed by atoms with van der Waals surface area (Å²) in [5, 5.41) is 3.90. The van der Waals surface area contributed by atoms with E-state index in [2.05, 4.69) is 5.14 Å². The van der Waals surface area contributed by atoms with Crippen molar-refractivity contribution in [2.45, 2.75) is 5.76 Å². The normalized spacial score (nSPS) is 11.0. The van der Waals surface area contributed by atoms with Gasteiger partial charge in [0.05, 0.1) is 0 Å². The summed E-state index contributed by atoms with van der Waals surface area (Å²) in [6.07, 6.45) is 0. The van der Waals surface area contributed by atoms with Crippen LogP contribution in [0.4, 0.5) is 8.78 Å². The van der Waals surface area contributed by atoms with Crippen molar-refractivity contribution in [3.63, 3.8) is 0 Å². The second-order valence-electron chi connectivity index (χ2n) is 0.850. The number of hydrogen-bond donors (Lipinski definition) is 1. The quantitative estimate of drug-likeness (QED) is 0.486. The van der Waals surface area contributed by atoms with Crippen LogP contribution < -0.4 is 5.14 Å². The topological polar surface area (TPSA) is 60.2 Å². The van der Waals surface area contributed by atoms with Crippen LogP contribution in [0.3, 0.4) is 0 Å². The van der Waals surface area contributed by atoms with Crippen LogP contribution >= 0.6 is 0 Å². The van der Waals surface area contributed by atoms with Gasteiger partial charge in [-0.15, -0.1) is 0 Å². The van der Waals surface area contributed by atoms with Gasteiger partial charge in [0.25, 0.3) is 10.0 Å². The van der Waals surface area contributed by atoms with Gasteiger partial charge in [0.1, 0.15) is 0 Å². The van der Waals surface area contributed by atoms with Gasteiger partial charge in [-0.05, 0) is 0 Å². The number of alkyl halides is 2. The van der Waals surface area contributed by atoms with Gasteiger partial charge >= 0.3 is 35.3 Å². The molecule has 7 heteroatoms. The van der Waals surface area contributed by atoms with Gasteiger partial charge in [0.15, 0.2) is 0 Å². The predicted octanol–water partition coefficient (Wildman–Crippen LogP) is -1.15. The Hall–Kier alpha value is 0.770. The number of primary sulfonamides is 1. The van der Waals surface area contributed by atoms with Crippen LogP contribution in [0.25, 0.3) is 0 Å². The number of halogens is 2. The average molecular weight is 155 g/mol. The molecule has 2 N–H and O–H groups in total. The zero-order chi connectivity index (χ0) is 6.08. The molecule has 0 radical (unpaired) electrons. The molecule has 0 fully saturated rings. The summed E-state index contributed by atoms with van der Waals surface area (Å²) < 4.78 is 40.4. The van der Waals surface area contributed by atoms with Gasteiger partial charge in [-0.3, -0.25) is 0 Å². The second kappa shape index (κ2) is 3.73. The molecular formula is CH4F2NNaO2S. The van der Waals surface area contributed by atoms with E-state index in [0.29, 0.717) is 0 Å². The van der Waals surface area contributed by atoms with Crippen molar-refractivity contribution in [1.82, 2.24) is 0 Å². The van der Waals surface area contributed by atoms with E-state index >= 15 is 0 Å². The number of sulfonamides is 1. The van der Waals surface area contributed by atoms with Crippen LogP contribution in [0.15, 0.2) is 0 Å². The third kappa shape index (κ3) is 4.92. The molecule has 0 unspecified atom stereocenters. The van der Waals surface area contributed by atoms with Gasteiger partial charge < -0.3 is 0 Å². The van der Waals surface area contributed by atoms with Crippen molar-refractivity contribution in [3.05, 3.63) is 0 Å². The Morgan fingerprint density at radius 1 is 1.38 bits per heavy atom. The van der Waals surface area contributed by atoms with Crippen molar-refractivity contribution in [2.75, 3.05) is 0 Å². The van der Waals surface area contributed by atoms with Crippen LogP contribution in [0, 0.1) is 0 Å². The summed E-state index contributed by atoms with van der Waals surface area (Å²) >= 11 is 0. The van der Waals surface area contributed by atoms with E-state index in [-0.39, 0.29) is 29.6 Å². The van der Waals surface area contributed by atoms with Crippen LogP contribution in [0.5, 0.6) is 0 Å². The molecule has 0 saturated carbocycles. The van der Waals surface area contributed by atoms with Crippen molar-refractivity contribution >= 4 is 39.6 Å². The third-order valence-electron chi connectivity index (χ3n) is 0.248. The molecule has 0 saturated heterocycles. The first-order chi connectivity index (χ1) is 2.94. The zero-order valence-corrected chi connectivity index (χ0v) is 3.95. The average Bonchev–Trinajstić information content (AvgIpc) is 1.31. The van der Waals surface area contributed by atoms with E-state index in [0.717, 1.165) is 0 Å². The minimum atomic E-state index is -4.57. The van der Waals surface area contributed by atoms with Crippen LogP contribution in [0.1, 0.15) is 0 Å². The molecule has 0 aliphatic heterocycles. The maximum absolute atomic E-state index is 10.8. The third-order valence-corrected chi connectivity index (χ3v) is 0.745. The Morgan fingerprint density at radius 3 is 1.50 bits per heavy atom. The first-order valence-electron chi connectivity index (χ1n) is 1.24. The van der Waals surface area contributed by atoms with Gasteiger partial charge in [0, 0.05) is 0 Å². The van der Waals surface area contributed by atoms with Crippen molar-refractivity contribution in [2.24, 2.45) is 5.14 Å². The Morgan fingerprint density at radius 2 is 1.50 bits per heavy atom. The van der Waals surface area contributed by atoms with E-state index in [1.807, 2.05) is 0 Å². The molecule has 0 aliphatic carbocycles. The molecule has 0 aromatic carbocycles. The summed E-state index contributed by atoms with van der Waals surface area (Å²) in [6.45, 7) is 0. The van der Waals surface area contributed by atoms with Crippen molar-refractivity contribution in [3.8, 4) is 0 Å². The van der Waals surface area contributed by atoms with E-state index in [1.54, 1.807) is 0 Å². The summed E-state index contributed by atoms with van der Waals surface area (Å²) in [5.74, 6) is -3.45. The number of nitrogens with two attached hydrogens (primary N) is 1. The Bertz CT molecular complexity index is 142. The molecule has 0 rings (SSSR count). The Kier molecular flexibility index (Phi) is 5.39. The molecule has 3 nitrogen and oxygen atoms in total. The number of rotatable bonds is 1. The molecule has 0 amide bonds. The molecule has 0 aromatic heterocycles. The van der Waals surface area contributed by atoms with Gasteiger partial charge in [-0.1, -0.05) is 0 Å². The van der Waals surface area contributed by atoms with Crippen molar-refractivity contribution in [1.29, 1.82) is 0 Å². The fourth-order valence-electron chi connectivity index (χ4n) is 0. The first-order valence-corrected chi connectivity index (χ1v) is 2.85. The van der Waals surface area contributed by atoms with Crippen LogP contribution in [-0.2, 0) is 10.0 Å². The molecule has 46 valence electrons. The van der Waals surface area contributed by atoms with Gasteiger partial charge in [-0.2, -0.15) is 8.78 Å². The standard InChI is InChI=1S/CH3F2NO2S.Na.H/c2-1(3)7(4,5)6;;/h1H,(H2,4,5,6);;. The van der Waals surface area contributed by atoms with Crippen LogP contribution in [-0.4, -0.2) is 43.7 Å². The maximum atomic E-state index is 10.8. The molecule has 0 spiro atoms. The van der Waals surface area contributed by atoms with E-state index in [1.165, 1.54) is 0 Å². The SMILES string of the molecule is NS(=O)(=O)C(F)F.[NaH]. The Labute approximate surface area is 67.6 Å². The predicted molar refractivity (Wildman–Crippen MR) is 26.3 cm³/mol. The van der Waals surface area contributed by atoms with Gasteiger partial charge in [-0.25, -0.2) is 13.6 Å². The fraction of sp³-hybridized carbons (Fsp3) is 1.00. The molecule has 0 aromatic rings. The summed E-state index contributed by atoms with van der Waals surface area (Å²) in [6, 6.07) is 0. The Balaban J connectivity index is 0. The van der Waals surface area contributed by atoms with Crippen molar-refractivity contribution < 1.29 is 17.2 Å². The van der Waals surface area contributed by atoms with E-state index < -0.39 is 15.8 Å². The summed E-state index contributed by atoms with van der Waals surface area (Å²) in [5.41, 5.74) is 0. The molecule has 8 heavy (non-hydrogen) atoms. The van der Waals surface area contributed by atoms with Crippen LogP contribution in [0.2, 0.25) is 0 Å². The summed E-state index contributed by atoms with van der Waals surface area (Å²) in [7, 11) is -4.57. The molecule has 0 heterocycles. The second-order valence-corrected chi connectivity index (χ2v) is 2.38. The van der Waals surface area contributed by atoms with Gasteiger partial charge in [0.2, 0.25) is 0 Å². The number of hydrogen-bond acceptors (Lipinski definition) is 2. The molecule has 0 aliphatic rings. The van der Waals surface area contributed by atoms with E-state index in [4.69, 9.17) is 0 Å². The summed E-state index contributed by atoms with van der Waals surface area (Å²) in [4.78, 5) is 0. The minimum absolute atomic E-state index is 0. The zero-order valence-electron chi connectivity index (χ0n) is 3.14. The monoisotopic (exact) mass is 155 g/mol. The molecule has 0 atom stereocenters. The first kappa shape index (κ1) is 11.6. The molecular weight excluding hydrogens is 151 g/mol.